The normalized spacial score (nSPS) is 21.0. The Balaban J connectivity index is 1.73. The van der Waals surface area contributed by atoms with Crippen LogP contribution in [0, 0.1) is 0 Å². The number of hydrogen-bond acceptors (Lipinski definition) is 3. The topological polar surface area (TPSA) is 46.5 Å². The molecule has 0 radical (unpaired) electrons. The number of carbonyl (C=O) groups excluding carboxylic acids is 1. The minimum absolute atomic E-state index is 0.356. The van der Waals surface area contributed by atoms with Crippen LogP contribution >= 0.6 is 11.6 Å². The highest BCUT2D eigenvalue weighted by Gasteiger charge is 2.33. The molecular weight excluding hydrogens is 312 g/mol. The standard InChI is InChI=1S/C19H17ClO3/c20-18(14-9-5-2-6-10-14)16-11-15(23-19(16)22)12-17(21)13-7-3-1-4-8-13/h1-10,15,17,21H,11-12H2/b18-16-. The highest BCUT2D eigenvalue weighted by atomic mass is 35.5. The molecule has 1 aliphatic rings. The maximum absolute atomic E-state index is 12.1. The average Bonchev–Trinajstić information content (AvgIpc) is 2.96. The zero-order valence-electron chi connectivity index (χ0n) is 12.5. The highest BCUT2D eigenvalue weighted by molar-refractivity contribution is 6.51. The Labute approximate surface area is 140 Å². The van der Waals surface area contributed by atoms with Crippen molar-refractivity contribution < 1.29 is 14.6 Å². The average molecular weight is 329 g/mol. The van der Waals surface area contributed by atoms with Gasteiger partial charge in [-0.25, -0.2) is 4.79 Å². The van der Waals surface area contributed by atoms with Crippen LogP contribution < -0.4 is 0 Å². The van der Waals surface area contributed by atoms with Gasteiger partial charge in [0.1, 0.15) is 6.10 Å². The van der Waals surface area contributed by atoms with Gasteiger partial charge in [0, 0.05) is 12.8 Å². The molecule has 1 saturated heterocycles. The molecule has 23 heavy (non-hydrogen) atoms. The Morgan fingerprint density at radius 3 is 2.39 bits per heavy atom. The smallest absolute Gasteiger partial charge is 0.335 e. The van der Waals surface area contributed by atoms with Crippen LogP contribution in [0.15, 0.2) is 66.2 Å². The van der Waals surface area contributed by atoms with Crippen molar-refractivity contribution in [2.45, 2.75) is 25.0 Å². The summed E-state index contributed by atoms with van der Waals surface area (Å²) in [5, 5.41) is 10.7. The quantitative estimate of drug-likeness (QED) is 0.679. The van der Waals surface area contributed by atoms with Crippen molar-refractivity contribution >= 4 is 22.6 Å². The van der Waals surface area contributed by atoms with E-state index < -0.39 is 12.1 Å². The summed E-state index contributed by atoms with van der Waals surface area (Å²) in [6.07, 6.45) is -0.247. The molecule has 1 N–H and O–H groups in total. The summed E-state index contributed by atoms with van der Waals surface area (Å²) in [5.74, 6) is -0.399. The van der Waals surface area contributed by atoms with E-state index in [0.29, 0.717) is 23.4 Å². The zero-order chi connectivity index (χ0) is 16.2. The molecule has 2 aromatic carbocycles. The van der Waals surface area contributed by atoms with Crippen molar-refractivity contribution in [3.8, 4) is 0 Å². The number of aliphatic hydroxyl groups is 1. The summed E-state index contributed by atoms with van der Waals surface area (Å²) < 4.78 is 5.37. The molecule has 2 aromatic rings. The lowest BCUT2D eigenvalue weighted by atomic mass is 10.00. The first kappa shape index (κ1) is 15.8. The van der Waals surface area contributed by atoms with Gasteiger partial charge in [-0.2, -0.15) is 0 Å². The molecule has 0 amide bonds. The van der Waals surface area contributed by atoms with Gasteiger partial charge >= 0.3 is 5.97 Å². The molecule has 0 aliphatic carbocycles. The fourth-order valence-corrected chi connectivity index (χ4v) is 2.99. The van der Waals surface area contributed by atoms with Crippen molar-refractivity contribution in [1.82, 2.24) is 0 Å². The first-order valence-electron chi connectivity index (χ1n) is 7.53. The van der Waals surface area contributed by atoms with E-state index in [1.807, 2.05) is 60.7 Å². The van der Waals surface area contributed by atoms with Crippen LogP contribution in [0.4, 0.5) is 0 Å². The Morgan fingerprint density at radius 2 is 1.74 bits per heavy atom. The number of hydrogen-bond donors (Lipinski definition) is 1. The molecule has 0 saturated carbocycles. The Morgan fingerprint density at radius 1 is 1.13 bits per heavy atom. The number of aliphatic hydroxyl groups excluding tert-OH is 1. The van der Waals surface area contributed by atoms with Gasteiger partial charge < -0.3 is 9.84 Å². The number of benzene rings is 2. The molecule has 4 heteroatoms. The number of carbonyl (C=O) groups is 1. The minimum Gasteiger partial charge on any atom is -0.459 e. The van der Waals surface area contributed by atoms with E-state index >= 15 is 0 Å². The van der Waals surface area contributed by atoms with Crippen molar-refractivity contribution in [3.63, 3.8) is 0 Å². The number of halogens is 1. The van der Waals surface area contributed by atoms with Crippen LogP contribution in [-0.2, 0) is 9.53 Å². The maximum atomic E-state index is 12.1. The van der Waals surface area contributed by atoms with Gasteiger partial charge in [-0.15, -0.1) is 0 Å². The lowest BCUT2D eigenvalue weighted by Gasteiger charge is -2.14. The van der Waals surface area contributed by atoms with Crippen LogP contribution in [-0.4, -0.2) is 17.2 Å². The summed E-state index contributed by atoms with van der Waals surface area (Å²) >= 11 is 6.34. The maximum Gasteiger partial charge on any atom is 0.335 e. The first-order valence-corrected chi connectivity index (χ1v) is 7.91. The molecule has 0 bridgehead atoms. The van der Waals surface area contributed by atoms with Crippen LogP contribution in [0.25, 0.3) is 5.03 Å². The summed E-state index contributed by atoms with van der Waals surface area (Å²) in [6, 6.07) is 18.7. The number of cyclic esters (lactones) is 1. The summed E-state index contributed by atoms with van der Waals surface area (Å²) in [7, 11) is 0. The number of esters is 1. The van der Waals surface area contributed by atoms with Crippen molar-refractivity contribution in [2.24, 2.45) is 0 Å². The number of ether oxygens (including phenoxy) is 1. The predicted molar refractivity (Wildman–Crippen MR) is 89.7 cm³/mol. The molecule has 0 spiro atoms. The summed E-state index contributed by atoms with van der Waals surface area (Å²) in [4.78, 5) is 12.1. The van der Waals surface area contributed by atoms with Gasteiger partial charge in [0.05, 0.1) is 16.7 Å². The third kappa shape index (κ3) is 3.63. The molecule has 3 rings (SSSR count). The van der Waals surface area contributed by atoms with E-state index in [1.54, 1.807) is 0 Å². The van der Waals surface area contributed by atoms with Gasteiger partial charge in [-0.05, 0) is 11.1 Å². The van der Waals surface area contributed by atoms with Gasteiger partial charge in [-0.1, -0.05) is 72.3 Å². The third-order valence-corrected chi connectivity index (χ3v) is 4.36. The van der Waals surface area contributed by atoms with E-state index in [-0.39, 0.29) is 6.10 Å². The minimum atomic E-state index is -0.663. The lowest BCUT2D eigenvalue weighted by molar-refractivity contribution is -0.139. The highest BCUT2D eigenvalue weighted by Crippen LogP contribution is 2.34. The van der Waals surface area contributed by atoms with E-state index in [0.717, 1.165) is 11.1 Å². The fraction of sp³-hybridized carbons (Fsp3) is 0.211. The SMILES string of the molecule is O=C1OC(CC(O)c2ccccc2)C/C1=C(/Cl)c1ccccc1. The summed E-state index contributed by atoms with van der Waals surface area (Å²) in [5.41, 5.74) is 2.09. The van der Waals surface area contributed by atoms with E-state index in [9.17, 15) is 9.90 Å². The molecule has 1 heterocycles. The van der Waals surface area contributed by atoms with Crippen molar-refractivity contribution in [3.05, 3.63) is 77.4 Å². The predicted octanol–water partition coefficient (Wildman–Crippen LogP) is 4.08. The molecule has 118 valence electrons. The van der Waals surface area contributed by atoms with Gasteiger partial charge in [0.25, 0.3) is 0 Å². The van der Waals surface area contributed by atoms with E-state index in [1.165, 1.54) is 0 Å². The molecule has 0 aromatic heterocycles. The lowest BCUT2D eigenvalue weighted by Crippen LogP contribution is -2.12. The van der Waals surface area contributed by atoms with E-state index in [2.05, 4.69) is 0 Å². The van der Waals surface area contributed by atoms with Gasteiger partial charge in [0.15, 0.2) is 0 Å². The Bertz CT molecular complexity index is 710. The van der Waals surface area contributed by atoms with Gasteiger partial charge in [0.2, 0.25) is 0 Å². The fourth-order valence-electron chi connectivity index (χ4n) is 2.70. The van der Waals surface area contributed by atoms with Crippen LogP contribution in [0.2, 0.25) is 0 Å². The number of rotatable bonds is 4. The second-order valence-electron chi connectivity index (χ2n) is 5.55. The second-order valence-corrected chi connectivity index (χ2v) is 5.93. The Hall–Kier alpha value is -2.10. The van der Waals surface area contributed by atoms with Crippen LogP contribution in [0.5, 0.6) is 0 Å². The molecule has 3 nitrogen and oxygen atoms in total. The molecule has 1 aliphatic heterocycles. The Kier molecular flexibility index (Phi) is 4.79. The molecule has 1 fully saturated rings. The van der Waals surface area contributed by atoms with Crippen LogP contribution in [0.1, 0.15) is 30.1 Å². The zero-order valence-corrected chi connectivity index (χ0v) is 13.2. The molecule has 2 atom stereocenters. The molecule has 2 unspecified atom stereocenters. The largest absolute Gasteiger partial charge is 0.459 e. The summed E-state index contributed by atoms with van der Waals surface area (Å²) in [6.45, 7) is 0. The van der Waals surface area contributed by atoms with Gasteiger partial charge in [-0.3, -0.25) is 0 Å². The first-order chi connectivity index (χ1) is 11.1. The second kappa shape index (κ2) is 6.99. The van der Waals surface area contributed by atoms with Crippen molar-refractivity contribution in [2.75, 3.05) is 0 Å². The molecular formula is C19H17ClO3. The third-order valence-electron chi connectivity index (χ3n) is 3.91. The monoisotopic (exact) mass is 328 g/mol. The van der Waals surface area contributed by atoms with E-state index in [4.69, 9.17) is 16.3 Å². The van der Waals surface area contributed by atoms with Crippen molar-refractivity contribution in [1.29, 1.82) is 0 Å². The van der Waals surface area contributed by atoms with Crippen LogP contribution in [0.3, 0.4) is 0 Å².